The SMILES string of the molecule is CCCNCc1ccc(N(CC(F)(F)F)C2CC2)c(Cl)c1. The molecule has 0 spiro atoms. The number of halogens is 4. The molecule has 6 heteroatoms. The summed E-state index contributed by atoms with van der Waals surface area (Å²) in [5, 5.41) is 3.64. The van der Waals surface area contributed by atoms with Gasteiger partial charge in [-0.25, -0.2) is 0 Å². The molecule has 0 heterocycles. The summed E-state index contributed by atoms with van der Waals surface area (Å²) in [5.41, 5.74) is 1.47. The van der Waals surface area contributed by atoms with E-state index in [4.69, 9.17) is 11.6 Å². The van der Waals surface area contributed by atoms with E-state index in [1.54, 1.807) is 12.1 Å². The van der Waals surface area contributed by atoms with Gasteiger partial charge in [-0.05, 0) is 43.5 Å². The van der Waals surface area contributed by atoms with Crippen molar-refractivity contribution in [2.45, 2.75) is 44.9 Å². The third-order valence-corrected chi connectivity index (χ3v) is 3.72. The molecule has 1 aliphatic carbocycles. The first-order valence-corrected chi connectivity index (χ1v) is 7.61. The van der Waals surface area contributed by atoms with Gasteiger partial charge in [0.05, 0.1) is 10.7 Å². The summed E-state index contributed by atoms with van der Waals surface area (Å²) in [6.45, 7) is 2.72. The maximum absolute atomic E-state index is 12.7. The van der Waals surface area contributed by atoms with Crippen LogP contribution in [0.3, 0.4) is 0 Å². The second kappa shape index (κ2) is 6.88. The molecule has 1 aromatic carbocycles. The molecule has 21 heavy (non-hydrogen) atoms. The molecule has 0 radical (unpaired) electrons. The molecule has 1 fully saturated rings. The Labute approximate surface area is 128 Å². The number of nitrogens with zero attached hydrogens (tertiary/aromatic N) is 1. The number of rotatable bonds is 7. The number of benzene rings is 1. The van der Waals surface area contributed by atoms with Crippen molar-refractivity contribution in [3.8, 4) is 0 Å². The minimum atomic E-state index is -4.22. The highest BCUT2D eigenvalue weighted by Gasteiger charge is 2.38. The molecule has 0 aliphatic heterocycles. The fourth-order valence-electron chi connectivity index (χ4n) is 2.29. The zero-order chi connectivity index (χ0) is 15.5. The van der Waals surface area contributed by atoms with Gasteiger partial charge in [-0.1, -0.05) is 24.6 Å². The lowest BCUT2D eigenvalue weighted by molar-refractivity contribution is -0.119. The highest BCUT2D eigenvalue weighted by molar-refractivity contribution is 6.33. The van der Waals surface area contributed by atoms with E-state index < -0.39 is 12.7 Å². The van der Waals surface area contributed by atoms with Crippen LogP contribution < -0.4 is 10.2 Å². The molecule has 1 aliphatic rings. The Hall–Kier alpha value is -0.940. The van der Waals surface area contributed by atoms with Gasteiger partial charge >= 0.3 is 6.18 Å². The van der Waals surface area contributed by atoms with Gasteiger partial charge in [0, 0.05) is 12.6 Å². The van der Waals surface area contributed by atoms with Crippen LogP contribution in [0, 0.1) is 0 Å². The predicted octanol–water partition coefficient (Wildman–Crippen LogP) is 4.37. The van der Waals surface area contributed by atoms with Gasteiger partial charge in [-0.15, -0.1) is 0 Å². The highest BCUT2D eigenvalue weighted by atomic mass is 35.5. The van der Waals surface area contributed by atoms with E-state index in [-0.39, 0.29) is 6.04 Å². The smallest absolute Gasteiger partial charge is 0.358 e. The van der Waals surface area contributed by atoms with E-state index >= 15 is 0 Å². The van der Waals surface area contributed by atoms with E-state index in [2.05, 4.69) is 12.2 Å². The molecule has 0 unspecified atom stereocenters. The quantitative estimate of drug-likeness (QED) is 0.750. The van der Waals surface area contributed by atoms with E-state index in [0.717, 1.165) is 31.4 Å². The third kappa shape index (κ3) is 5.08. The van der Waals surface area contributed by atoms with Crippen molar-refractivity contribution in [3.63, 3.8) is 0 Å². The molecule has 2 rings (SSSR count). The van der Waals surface area contributed by atoms with Crippen molar-refractivity contribution in [2.75, 3.05) is 18.0 Å². The van der Waals surface area contributed by atoms with Gasteiger partial charge in [0.2, 0.25) is 0 Å². The molecular weight excluding hydrogens is 301 g/mol. The molecular formula is C15H20ClF3N2. The summed E-state index contributed by atoms with van der Waals surface area (Å²) in [4.78, 5) is 1.38. The van der Waals surface area contributed by atoms with E-state index in [1.807, 2.05) is 6.07 Å². The van der Waals surface area contributed by atoms with Gasteiger partial charge in [0.15, 0.2) is 0 Å². The Morgan fingerprint density at radius 2 is 2.05 bits per heavy atom. The van der Waals surface area contributed by atoms with Crippen molar-refractivity contribution in [3.05, 3.63) is 28.8 Å². The normalized spacial score (nSPS) is 15.3. The van der Waals surface area contributed by atoms with Gasteiger partial charge in [0.25, 0.3) is 0 Å². The lowest BCUT2D eigenvalue weighted by Crippen LogP contribution is -2.36. The Kier molecular flexibility index (Phi) is 5.38. The number of hydrogen-bond acceptors (Lipinski definition) is 2. The molecule has 1 saturated carbocycles. The van der Waals surface area contributed by atoms with Crippen molar-refractivity contribution in [2.24, 2.45) is 0 Å². The van der Waals surface area contributed by atoms with Crippen molar-refractivity contribution in [1.82, 2.24) is 5.32 Å². The molecule has 1 N–H and O–H groups in total. The lowest BCUT2D eigenvalue weighted by Gasteiger charge is -2.27. The van der Waals surface area contributed by atoms with Crippen LogP contribution in [0.1, 0.15) is 31.7 Å². The summed E-state index contributed by atoms with van der Waals surface area (Å²) >= 11 is 6.20. The summed E-state index contributed by atoms with van der Waals surface area (Å²) in [6, 6.07) is 5.27. The Balaban J connectivity index is 2.10. The van der Waals surface area contributed by atoms with Crippen molar-refractivity contribution < 1.29 is 13.2 Å². The summed E-state index contributed by atoms with van der Waals surface area (Å²) in [7, 11) is 0. The fourth-order valence-corrected chi connectivity index (χ4v) is 2.60. The monoisotopic (exact) mass is 320 g/mol. The number of alkyl halides is 3. The lowest BCUT2D eigenvalue weighted by atomic mass is 10.2. The molecule has 0 bridgehead atoms. The van der Waals surface area contributed by atoms with Crippen LogP contribution >= 0.6 is 11.6 Å². The molecule has 0 atom stereocenters. The summed E-state index contributed by atoms with van der Waals surface area (Å²) in [5.74, 6) is 0. The van der Waals surface area contributed by atoms with Crippen LogP contribution in [-0.4, -0.2) is 25.3 Å². The van der Waals surface area contributed by atoms with Crippen LogP contribution in [0.5, 0.6) is 0 Å². The second-order valence-electron chi connectivity index (χ2n) is 5.44. The Morgan fingerprint density at radius 3 is 2.57 bits per heavy atom. The second-order valence-corrected chi connectivity index (χ2v) is 5.84. The molecule has 118 valence electrons. The van der Waals surface area contributed by atoms with Gasteiger partial charge in [-0.3, -0.25) is 0 Å². The van der Waals surface area contributed by atoms with Gasteiger partial charge in [-0.2, -0.15) is 13.2 Å². The molecule has 0 amide bonds. The maximum atomic E-state index is 12.7. The first-order chi connectivity index (χ1) is 9.90. The predicted molar refractivity (Wildman–Crippen MR) is 79.9 cm³/mol. The standard InChI is InChI=1S/C15H20ClF3N2/c1-2-7-20-9-11-3-6-14(13(16)8-11)21(12-4-5-12)10-15(17,18)19/h3,6,8,12,20H,2,4-5,7,9-10H2,1H3. The van der Waals surface area contributed by atoms with E-state index in [1.165, 1.54) is 4.90 Å². The number of hydrogen-bond donors (Lipinski definition) is 1. The van der Waals surface area contributed by atoms with E-state index in [0.29, 0.717) is 17.3 Å². The molecule has 2 nitrogen and oxygen atoms in total. The van der Waals surface area contributed by atoms with Crippen LogP contribution in [-0.2, 0) is 6.54 Å². The van der Waals surface area contributed by atoms with Crippen LogP contribution in [0.15, 0.2) is 18.2 Å². The number of nitrogens with one attached hydrogen (secondary N) is 1. The molecule has 1 aromatic rings. The first-order valence-electron chi connectivity index (χ1n) is 7.23. The van der Waals surface area contributed by atoms with Gasteiger partial charge < -0.3 is 10.2 Å². The van der Waals surface area contributed by atoms with Gasteiger partial charge in [0.1, 0.15) is 6.54 Å². The van der Waals surface area contributed by atoms with Crippen LogP contribution in [0.25, 0.3) is 0 Å². The maximum Gasteiger partial charge on any atom is 0.405 e. The molecule has 0 aromatic heterocycles. The molecule has 0 saturated heterocycles. The Morgan fingerprint density at radius 1 is 1.33 bits per heavy atom. The topological polar surface area (TPSA) is 15.3 Å². The summed E-state index contributed by atoms with van der Waals surface area (Å²) < 4.78 is 38.1. The van der Waals surface area contributed by atoms with E-state index in [9.17, 15) is 13.2 Å². The first kappa shape index (κ1) is 16.4. The van der Waals surface area contributed by atoms with Crippen molar-refractivity contribution in [1.29, 1.82) is 0 Å². The minimum absolute atomic E-state index is 0.0341. The average Bonchev–Trinajstić information content (AvgIpc) is 3.20. The number of anilines is 1. The van der Waals surface area contributed by atoms with Crippen molar-refractivity contribution >= 4 is 17.3 Å². The zero-order valence-electron chi connectivity index (χ0n) is 12.0. The fraction of sp³-hybridized carbons (Fsp3) is 0.600. The minimum Gasteiger partial charge on any atom is -0.358 e. The third-order valence-electron chi connectivity index (χ3n) is 3.41. The Bertz CT molecular complexity index is 472. The van der Waals surface area contributed by atoms with Crippen LogP contribution in [0.4, 0.5) is 18.9 Å². The largest absolute Gasteiger partial charge is 0.405 e. The van der Waals surface area contributed by atoms with Crippen LogP contribution in [0.2, 0.25) is 5.02 Å². The highest BCUT2D eigenvalue weighted by Crippen LogP contribution is 2.38. The average molecular weight is 321 g/mol. The zero-order valence-corrected chi connectivity index (χ0v) is 12.8. The summed E-state index contributed by atoms with van der Waals surface area (Å²) in [6.07, 6.45) is -1.58.